The predicted octanol–water partition coefficient (Wildman–Crippen LogP) is 2.16. The van der Waals surface area contributed by atoms with Gasteiger partial charge in [0.25, 0.3) is 10.1 Å². The third kappa shape index (κ3) is 2.23. The topological polar surface area (TPSA) is 91.7 Å². The van der Waals surface area contributed by atoms with Gasteiger partial charge in [-0.3, -0.25) is 9.35 Å². The molecule has 0 heterocycles. The van der Waals surface area contributed by atoms with Gasteiger partial charge in [-0.15, -0.1) is 0 Å². The fourth-order valence-electron chi connectivity index (χ4n) is 1.86. The molecular formula is C13H10O5S. The molecule has 98 valence electrons. The molecule has 2 N–H and O–H groups in total. The minimum absolute atomic E-state index is 0.142. The van der Waals surface area contributed by atoms with Gasteiger partial charge in [-0.25, -0.2) is 0 Å². The summed E-state index contributed by atoms with van der Waals surface area (Å²) in [4.78, 5) is 10.9. The molecule has 0 aliphatic heterocycles. The van der Waals surface area contributed by atoms with Crippen molar-refractivity contribution in [1.82, 2.24) is 0 Å². The van der Waals surface area contributed by atoms with Crippen LogP contribution in [0, 0.1) is 0 Å². The molecule has 0 aromatic heterocycles. The number of carbonyl (C=O) groups is 1. The number of aromatic hydroxyl groups is 1. The molecule has 2 aromatic rings. The number of phenolic OH excluding ortho intramolecular Hbond substituents is 1. The first-order chi connectivity index (χ1) is 8.86. The van der Waals surface area contributed by atoms with Gasteiger partial charge in [0.2, 0.25) is 0 Å². The highest BCUT2D eigenvalue weighted by Gasteiger charge is 2.24. The van der Waals surface area contributed by atoms with Crippen LogP contribution in [0.3, 0.4) is 0 Å². The van der Waals surface area contributed by atoms with Gasteiger partial charge in [-0.1, -0.05) is 30.8 Å². The first-order valence-electron chi connectivity index (χ1n) is 5.25. The normalized spacial score (nSPS) is 11.4. The molecule has 0 amide bonds. The SMILES string of the molecule is C=CC(=O)c1cc2ccccc2c(S(=O)(=O)O)c1O. The zero-order chi connectivity index (χ0) is 14.2. The number of fused-ring (bicyclic) bond motifs is 1. The van der Waals surface area contributed by atoms with E-state index in [1.807, 2.05) is 0 Å². The largest absolute Gasteiger partial charge is 0.506 e. The van der Waals surface area contributed by atoms with Gasteiger partial charge in [-0.2, -0.15) is 8.42 Å². The van der Waals surface area contributed by atoms with Crippen molar-refractivity contribution in [3.63, 3.8) is 0 Å². The van der Waals surface area contributed by atoms with E-state index in [2.05, 4.69) is 6.58 Å². The highest BCUT2D eigenvalue weighted by molar-refractivity contribution is 7.86. The molecule has 5 nitrogen and oxygen atoms in total. The van der Waals surface area contributed by atoms with Crippen LogP contribution in [0.15, 0.2) is 47.9 Å². The Morgan fingerprint density at radius 3 is 2.47 bits per heavy atom. The van der Waals surface area contributed by atoms with Crippen LogP contribution in [0.25, 0.3) is 10.8 Å². The van der Waals surface area contributed by atoms with Gasteiger partial charge in [0.1, 0.15) is 10.6 Å². The fourth-order valence-corrected chi connectivity index (χ4v) is 2.68. The molecule has 2 rings (SSSR count). The molecule has 19 heavy (non-hydrogen) atoms. The lowest BCUT2D eigenvalue weighted by atomic mass is 10.0. The van der Waals surface area contributed by atoms with Crippen LogP contribution in [0.4, 0.5) is 0 Å². The monoisotopic (exact) mass is 278 g/mol. The Bertz CT molecular complexity index is 790. The number of allylic oxidation sites excluding steroid dienone is 1. The van der Waals surface area contributed by atoms with E-state index in [4.69, 9.17) is 0 Å². The third-order valence-electron chi connectivity index (χ3n) is 2.68. The number of hydrogen-bond acceptors (Lipinski definition) is 4. The fraction of sp³-hybridized carbons (Fsp3) is 0. The highest BCUT2D eigenvalue weighted by atomic mass is 32.2. The molecule has 0 saturated heterocycles. The molecule has 0 fully saturated rings. The lowest BCUT2D eigenvalue weighted by molar-refractivity contribution is 0.104. The molecule has 0 aliphatic rings. The second kappa shape index (κ2) is 4.49. The summed E-state index contributed by atoms with van der Waals surface area (Å²) in [6.07, 6.45) is 0.956. The van der Waals surface area contributed by atoms with E-state index in [0.717, 1.165) is 6.08 Å². The Labute approximate surface area is 109 Å². The molecule has 0 spiro atoms. The standard InChI is InChI=1S/C13H10O5S/c1-2-11(14)10-7-8-5-3-4-6-9(8)13(12(10)15)19(16,17)18/h2-7,15H,1H2,(H,16,17,18). The van der Waals surface area contributed by atoms with Crippen molar-refractivity contribution in [2.24, 2.45) is 0 Å². The summed E-state index contributed by atoms with van der Waals surface area (Å²) in [5.74, 6) is -1.40. The lowest BCUT2D eigenvalue weighted by Crippen LogP contribution is -2.04. The average Bonchev–Trinajstić information content (AvgIpc) is 2.35. The number of ketones is 1. The van der Waals surface area contributed by atoms with E-state index in [1.165, 1.54) is 12.1 Å². The quantitative estimate of drug-likeness (QED) is 0.510. The third-order valence-corrected chi connectivity index (χ3v) is 3.61. The molecule has 0 radical (unpaired) electrons. The Kier molecular flexibility index (Phi) is 3.13. The Morgan fingerprint density at radius 1 is 1.26 bits per heavy atom. The number of carbonyl (C=O) groups excluding carboxylic acids is 1. The summed E-state index contributed by atoms with van der Waals surface area (Å²) in [6, 6.07) is 7.56. The van der Waals surface area contributed by atoms with E-state index in [-0.39, 0.29) is 10.9 Å². The van der Waals surface area contributed by atoms with Gasteiger partial charge >= 0.3 is 0 Å². The summed E-state index contributed by atoms with van der Waals surface area (Å²) in [6.45, 7) is 3.28. The van der Waals surface area contributed by atoms with Crippen LogP contribution in [-0.2, 0) is 10.1 Å². The van der Waals surface area contributed by atoms with Crippen molar-refractivity contribution < 1.29 is 22.9 Å². The van der Waals surface area contributed by atoms with Crippen molar-refractivity contribution in [2.45, 2.75) is 4.90 Å². The smallest absolute Gasteiger partial charge is 0.298 e. The number of phenols is 1. The van der Waals surface area contributed by atoms with E-state index < -0.39 is 26.5 Å². The summed E-state index contributed by atoms with van der Waals surface area (Å²) in [5, 5.41) is 10.5. The summed E-state index contributed by atoms with van der Waals surface area (Å²) >= 11 is 0. The predicted molar refractivity (Wildman–Crippen MR) is 70.0 cm³/mol. The molecule has 6 heteroatoms. The number of rotatable bonds is 3. The van der Waals surface area contributed by atoms with Crippen molar-refractivity contribution in [2.75, 3.05) is 0 Å². The maximum Gasteiger partial charge on any atom is 0.298 e. The molecular weight excluding hydrogens is 268 g/mol. The first kappa shape index (κ1) is 13.3. The van der Waals surface area contributed by atoms with Crippen molar-refractivity contribution in [1.29, 1.82) is 0 Å². The van der Waals surface area contributed by atoms with E-state index in [9.17, 15) is 22.9 Å². The Morgan fingerprint density at radius 2 is 1.89 bits per heavy atom. The second-order valence-corrected chi connectivity index (χ2v) is 5.22. The van der Waals surface area contributed by atoms with Gasteiger partial charge in [0, 0.05) is 5.39 Å². The average molecular weight is 278 g/mol. The second-order valence-electron chi connectivity index (χ2n) is 3.87. The molecule has 0 saturated carbocycles. The van der Waals surface area contributed by atoms with Crippen molar-refractivity contribution in [3.05, 3.63) is 48.6 Å². The number of hydrogen-bond donors (Lipinski definition) is 2. The van der Waals surface area contributed by atoms with E-state index >= 15 is 0 Å². The van der Waals surface area contributed by atoms with Crippen LogP contribution in [0.2, 0.25) is 0 Å². The summed E-state index contributed by atoms with van der Waals surface area (Å²) < 4.78 is 32.0. The van der Waals surface area contributed by atoms with Crippen LogP contribution < -0.4 is 0 Å². The van der Waals surface area contributed by atoms with Crippen LogP contribution in [-0.4, -0.2) is 23.9 Å². The van der Waals surface area contributed by atoms with Gasteiger partial charge in [0.05, 0.1) is 5.56 Å². The van der Waals surface area contributed by atoms with Crippen LogP contribution in [0.5, 0.6) is 5.75 Å². The molecule has 0 unspecified atom stereocenters. The molecule has 2 aromatic carbocycles. The van der Waals surface area contributed by atoms with Gasteiger partial charge < -0.3 is 5.11 Å². The number of benzene rings is 2. The van der Waals surface area contributed by atoms with Gasteiger partial charge in [-0.05, 0) is 17.5 Å². The van der Waals surface area contributed by atoms with Gasteiger partial charge in [0.15, 0.2) is 5.78 Å². The van der Waals surface area contributed by atoms with Crippen LogP contribution >= 0.6 is 0 Å². The van der Waals surface area contributed by atoms with E-state index in [1.54, 1.807) is 18.2 Å². The zero-order valence-corrected chi connectivity index (χ0v) is 10.5. The minimum Gasteiger partial charge on any atom is -0.506 e. The zero-order valence-electron chi connectivity index (χ0n) is 9.70. The Hall–Kier alpha value is -2.18. The lowest BCUT2D eigenvalue weighted by Gasteiger charge is -2.10. The highest BCUT2D eigenvalue weighted by Crippen LogP contribution is 2.35. The van der Waals surface area contributed by atoms with Crippen molar-refractivity contribution >= 4 is 26.7 Å². The van der Waals surface area contributed by atoms with Crippen LogP contribution in [0.1, 0.15) is 10.4 Å². The Balaban J connectivity index is 3.02. The molecule has 0 atom stereocenters. The molecule has 0 bridgehead atoms. The maximum atomic E-state index is 11.6. The first-order valence-corrected chi connectivity index (χ1v) is 6.69. The summed E-state index contributed by atoms with van der Waals surface area (Å²) in [7, 11) is -4.66. The van der Waals surface area contributed by atoms with Crippen molar-refractivity contribution in [3.8, 4) is 5.75 Å². The minimum atomic E-state index is -4.66. The summed E-state index contributed by atoms with van der Waals surface area (Å²) in [5.41, 5.74) is -0.221. The van der Waals surface area contributed by atoms with E-state index in [0.29, 0.717) is 5.39 Å². The maximum absolute atomic E-state index is 11.6. The molecule has 0 aliphatic carbocycles.